The minimum atomic E-state index is -5.17. The first-order chi connectivity index (χ1) is 17.2. The third-order valence-corrected chi connectivity index (χ3v) is 6.17. The predicted molar refractivity (Wildman–Crippen MR) is 123 cm³/mol. The number of benzene rings is 2. The largest absolute Gasteiger partial charge is 0.497 e. The Morgan fingerprint density at radius 1 is 1.14 bits per heavy atom. The number of alkyl halides is 3. The van der Waals surface area contributed by atoms with Gasteiger partial charge in [-0.3, -0.25) is 14.2 Å². The van der Waals surface area contributed by atoms with E-state index in [-0.39, 0.29) is 45.1 Å². The van der Waals surface area contributed by atoms with Crippen LogP contribution in [0, 0.1) is 11.3 Å². The van der Waals surface area contributed by atoms with Crippen molar-refractivity contribution in [3.63, 3.8) is 0 Å². The minimum Gasteiger partial charge on any atom is -0.497 e. The van der Waals surface area contributed by atoms with Gasteiger partial charge in [0, 0.05) is 16.3 Å². The number of halogens is 3. The van der Waals surface area contributed by atoms with Gasteiger partial charge in [-0.25, -0.2) is 4.79 Å². The molecule has 0 radical (unpaired) electrons. The van der Waals surface area contributed by atoms with Gasteiger partial charge in [0.05, 0.1) is 26.9 Å². The second kappa shape index (κ2) is 10.0. The molecule has 11 heteroatoms. The summed E-state index contributed by atoms with van der Waals surface area (Å²) in [6.07, 6.45) is -5.17. The molecule has 2 heterocycles. The van der Waals surface area contributed by atoms with Gasteiger partial charge in [-0.05, 0) is 23.8 Å². The molecule has 1 aromatic heterocycles. The van der Waals surface area contributed by atoms with E-state index >= 15 is 0 Å². The Hall–Kier alpha value is -3.88. The molecular formula is C25H23F3N3O5+. The average Bonchev–Trinajstić information content (AvgIpc) is 2.88. The molecule has 0 bridgehead atoms. The Labute approximate surface area is 204 Å². The van der Waals surface area contributed by atoms with Crippen LogP contribution in [0.3, 0.4) is 0 Å². The lowest BCUT2D eigenvalue weighted by Gasteiger charge is -2.37. The first-order valence-electron chi connectivity index (χ1n) is 11.1. The van der Waals surface area contributed by atoms with Gasteiger partial charge in [0.1, 0.15) is 37.1 Å². The van der Waals surface area contributed by atoms with Crippen molar-refractivity contribution in [3.05, 3.63) is 64.6 Å². The van der Waals surface area contributed by atoms with Crippen molar-refractivity contribution in [2.75, 3.05) is 40.0 Å². The van der Waals surface area contributed by atoms with Crippen molar-refractivity contribution in [1.29, 1.82) is 5.26 Å². The molecule has 188 valence electrons. The molecule has 36 heavy (non-hydrogen) atoms. The summed E-state index contributed by atoms with van der Waals surface area (Å²) in [7, 11) is 1.49. The topological polar surface area (TPSA) is 90.6 Å². The monoisotopic (exact) mass is 502 g/mol. The second-order valence-corrected chi connectivity index (χ2v) is 8.29. The number of quaternary nitrogens is 1. The quantitative estimate of drug-likeness (QED) is 0.480. The summed E-state index contributed by atoms with van der Waals surface area (Å²) in [6.45, 7) is -0.191. The van der Waals surface area contributed by atoms with Crippen LogP contribution >= 0.6 is 0 Å². The van der Waals surface area contributed by atoms with Gasteiger partial charge in [-0.2, -0.15) is 18.4 Å². The molecule has 2 aromatic carbocycles. The van der Waals surface area contributed by atoms with E-state index in [4.69, 9.17) is 14.3 Å². The molecule has 1 aliphatic rings. The maximum absolute atomic E-state index is 13.5. The fourth-order valence-corrected chi connectivity index (χ4v) is 4.33. The van der Waals surface area contributed by atoms with E-state index in [1.54, 1.807) is 42.5 Å². The van der Waals surface area contributed by atoms with E-state index in [0.29, 0.717) is 27.6 Å². The van der Waals surface area contributed by atoms with Crippen molar-refractivity contribution in [2.45, 2.75) is 12.7 Å². The van der Waals surface area contributed by atoms with Gasteiger partial charge in [0.25, 0.3) is 5.56 Å². The molecule has 0 N–H and O–H groups in total. The molecule has 1 fully saturated rings. The number of methoxy groups -OCH3 is 1. The lowest BCUT2D eigenvalue weighted by atomic mass is 9.97. The lowest BCUT2D eigenvalue weighted by Crippen LogP contribution is -2.58. The summed E-state index contributed by atoms with van der Waals surface area (Å²) < 4.78 is 50.0. The van der Waals surface area contributed by atoms with Gasteiger partial charge in [-0.1, -0.05) is 30.3 Å². The fourth-order valence-electron chi connectivity index (χ4n) is 4.33. The highest BCUT2D eigenvalue weighted by Gasteiger charge is 2.48. The maximum atomic E-state index is 13.5. The summed E-state index contributed by atoms with van der Waals surface area (Å²) >= 11 is 0. The highest BCUT2D eigenvalue weighted by molar-refractivity contribution is 5.99. The molecular weight excluding hydrogens is 479 g/mol. The summed E-state index contributed by atoms with van der Waals surface area (Å²) in [5.74, 6) is -1.81. The number of carbonyl (C=O) groups is 1. The third-order valence-electron chi connectivity index (χ3n) is 6.17. The van der Waals surface area contributed by atoms with E-state index in [2.05, 4.69) is 6.07 Å². The summed E-state index contributed by atoms with van der Waals surface area (Å²) in [5, 5.41) is 10.9. The molecule has 0 unspecified atom stereocenters. The summed E-state index contributed by atoms with van der Waals surface area (Å²) in [6, 6.07) is 16.0. The zero-order valence-electron chi connectivity index (χ0n) is 19.4. The van der Waals surface area contributed by atoms with Gasteiger partial charge in [0.15, 0.2) is 0 Å². The van der Waals surface area contributed by atoms with Gasteiger partial charge >= 0.3 is 12.1 Å². The van der Waals surface area contributed by atoms with Crippen LogP contribution in [0.25, 0.3) is 21.9 Å². The smallest absolute Gasteiger partial charge is 0.497 e. The number of hydrogen-bond donors (Lipinski definition) is 0. The standard InChI is InChI=1S/C25H23F3N3O5/c1-34-18-7-8-19-20(15-18)22(17-5-3-2-4-6-17)21(16-29)30(23(19)32)9-10-31(11-13-35-14-12-31)36-24(33)25(26,27)28/h2-8,15H,9-14H2,1H3/q+1. The number of nitriles is 1. The number of carbonyl (C=O) groups excluding carboxylic acids is 1. The number of fused-ring (bicyclic) bond motifs is 1. The molecule has 1 saturated heterocycles. The number of hydroxylamine groups is 3. The SMILES string of the molecule is COc1ccc2c(=O)n(CC[N+]3(OC(=O)C(F)(F)F)CCOCC3)c(C#N)c(-c3ccccc3)c2c1. The fraction of sp³-hybridized carbons (Fsp3) is 0.320. The van der Waals surface area contributed by atoms with Crippen LogP contribution in [-0.2, 0) is 20.9 Å². The number of hydrogen-bond acceptors (Lipinski definition) is 6. The zero-order valence-corrected chi connectivity index (χ0v) is 19.4. The molecule has 4 rings (SSSR count). The number of nitrogens with zero attached hydrogens (tertiary/aromatic N) is 3. The number of pyridine rings is 1. The van der Waals surface area contributed by atoms with Gasteiger partial charge in [0.2, 0.25) is 0 Å². The Balaban J connectivity index is 1.84. The molecule has 0 aliphatic carbocycles. The van der Waals surface area contributed by atoms with Gasteiger partial charge in [-0.15, -0.1) is 4.65 Å². The van der Waals surface area contributed by atoms with Crippen LogP contribution < -0.4 is 10.3 Å². The summed E-state index contributed by atoms with van der Waals surface area (Å²) in [4.78, 5) is 30.1. The van der Waals surface area contributed by atoms with Crippen LogP contribution in [-0.4, -0.2) is 61.3 Å². The Bertz CT molecular complexity index is 1370. The molecule has 8 nitrogen and oxygen atoms in total. The number of ether oxygens (including phenoxy) is 2. The Morgan fingerprint density at radius 3 is 2.44 bits per heavy atom. The first-order valence-corrected chi connectivity index (χ1v) is 11.1. The molecule has 0 atom stereocenters. The van der Waals surface area contributed by atoms with E-state index in [1.807, 2.05) is 6.07 Å². The Kier molecular flexibility index (Phi) is 7.01. The highest BCUT2D eigenvalue weighted by Crippen LogP contribution is 2.33. The van der Waals surface area contributed by atoms with Gasteiger partial charge < -0.3 is 9.47 Å². The van der Waals surface area contributed by atoms with Crippen LogP contribution in [0.4, 0.5) is 13.2 Å². The first kappa shape index (κ1) is 25.2. The molecule has 0 saturated carbocycles. The van der Waals surface area contributed by atoms with E-state index in [0.717, 1.165) is 0 Å². The van der Waals surface area contributed by atoms with Crippen LogP contribution in [0.2, 0.25) is 0 Å². The van der Waals surface area contributed by atoms with E-state index < -0.39 is 22.4 Å². The zero-order chi connectivity index (χ0) is 25.9. The summed E-state index contributed by atoms with van der Waals surface area (Å²) in [5.41, 5.74) is 0.727. The van der Waals surface area contributed by atoms with E-state index in [1.165, 1.54) is 11.7 Å². The maximum Gasteiger partial charge on any atom is 0.497 e. The average molecular weight is 502 g/mol. The minimum absolute atomic E-state index is 0.0191. The molecule has 0 spiro atoms. The van der Waals surface area contributed by atoms with Crippen LogP contribution in [0.1, 0.15) is 5.69 Å². The molecule has 1 aliphatic heterocycles. The Morgan fingerprint density at radius 2 is 1.83 bits per heavy atom. The van der Waals surface area contributed by atoms with Crippen LogP contribution in [0.5, 0.6) is 5.75 Å². The third kappa shape index (κ3) is 4.91. The van der Waals surface area contributed by atoms with Crippen molar-refractivity contribution < 1.29 is 36.9 Å². The molecule has 0 amide bonds. The number of rotatable bonds is 6. The van der Waals surface area contributed by atoms with Crippen molar-refractivity contribution in [1.82, 2.24) is 4.57 Å². The van der Waals surface area contributed by atoms with E-state index in [9.17, 15) is 28.0 Å². The second-order valence-electron chi connectivity index (χ2n) is 8.29. The van der Waals surface area contributed by atoms with Crippen molar-refractivity contribution in [3.8, 4) is 22.9 Å². The normalized spacial score (nSPS) is 15.3. The number of morpholine rings is 1. The van der Waals surface area contributed by atoms with Crippen LogP contribution in [0.15, 0.2) is 53.3 Å². The number of aromatic nitrogens is 1. The molecule has 3 aromatic rings. The highest BCUT2D eigenvalue weighted by atomic mass is 19.4. The predicted octanol–water partition coefficient (Wildman–Crippen LogP) is 3.42. The lowest BCUT2D eigenvalue weighted by molar-refractivity contribution is -1.09. The van der Waals surface area contributed by atoms with Crippen molar-refractivity contribution >= 4 is 16.7 Å². The van der Waals surface area contributed by atoms with Crippen molar-refractivity contribution in [2.24, 2.45) is 0 Å².